The number of carbonyl (C=O) groups excluding carboxylic acids is 1. The summed E-state index contributed by atoms with van der Waals surface area (Å²) in [4.78, 5) is 21.1. The van der Waals surface area contributed by atoms with Crippen molar-refractivity contribution >= 4 is 29.0 Å². The Kier molecular flexibility index (Phi) is 5.90. The topological polar surface area (TPSA) is 74.5 Å². The molecule has 0 bridgehead atoms. The van der Waals surface area contributed by atoms with Crippen molar-refractivity contribution in [2.24, 2.45) is 0 Å². The molecule has 1 fully saturated rings. The van der Waals surface area contributed by atoms with Crippen LogP contribution in [0.3, 0.4) is 0 Å². The van der Waals surface area contributed by atoms with Crippen LogP contribution in [0.5, 0.6) is 0 Å². The monoisotopic (exact) mass is 425 g/mol. The van der Waals surface area contributed by atoms with Gasteiger partial charge in [-0.3, -0.25) is 0 Å². The van der Waals surface area contributed by atoms with Gasteiger partial charge in [-0.1, -0.05) is 29.7 Å². The molecular weight excluding hydrogens is 402 g/mol. The lowest BCUT2D eigenvalue weighted by Crippen LogP contribution is -2.50. The summed E-state index contributed by atoms with van der Waals surface area (Å²) in [6.07, 6.45) is 0.722. The van der Waals surface area contributed by atoms with E-state index in [-0.39, 0.29) is 6.03 Å². The van der Waals surface area contributed by atoms with Gasteiger partial charge < -0.3 is 19.6 Å². The van der Waals surface area contributed by atoms with Gasteiger partial charge in [0.05, 0.1) is 0 Å². The molecule has 156 valence electrons. The Balaban J connectivity index is 1.35. The molecule has 7 nitrogen and oxygen atoms in total. The summed E-state index contributed by atoms with van der Waals surface area (Å²) < 4.78 is 5.18. The zero-order valence-electron chi connectivity index (χ0n) is 17.1. The number of nitrogens with zero attached hydrogens (tertiary/aromatic N) is 4. The molecule has 1 aliphatic heterocycles. The van der Waals surface area contributed by atoms with Gasteiger partial charge in [0, 0.05) is 54.6 Å². The molecule has 30 heavy (non-hydrogen) atoms. The minimum atomic E-state index is -0.0980. The number of rotatable bonds is 4. The van der Waals surface area contributed by atoms with E-state index in [4.69, 9.17) is 16.1 Å². The number of halogens is 1. The molecule has 1 saturated heterocycles. The maximum absolute atomic E-state index is 12.6. The zero-order valence-corrected chi connectivity index (χ0v) is 17.8. The summed E-state index contributed by atoms with van der Waals surface area (Å²) in [6.45, 7) is 6.77. The van der Waals surface area contributed by atoms with Crippen molar-refractivity contribution in [1.29, 1.82) is 0 Å². The molecule has 1 aromatic heterocycles. The fourth-order valence-electron chi connectivity index (χ4n) is 3.43. The van der Waals surface area contributed by atoms with Gasteiger partial charge in [-0.15, -0.1) is 0 Å². The van der Waals surface area contributed by atoms with Crippen LogP contribution >= 0.6 is 11.6 Å². The number of nitrogens with one attached hydrogen (secondary N) is 1. The van der Waals surface area contributed by atoms with E-state index >= 15 is 0 Å². The average molecular weight is 426 g/mol. The van der Waals surface area contributed by atoms with E-state index in [0.29, 0.717) is 29.8 Å². The van der Waals surface area contributed by atoms with E-state index in [9.17, 15) is 4.79 Å². The van der Waals surface area contributed by atoms with Crippen LogP contribution < -0.4 is 10.2 Å². The average Bonchev–Trinajstić information content (AvgIpc) is 3.26. The minimum absolute atomic E-state index is 0.0980. The van der Waals surface area contributed by atoms with Crippen LogP contribution in [0.4, 0.5) is 16.2 Å². The molecule has 2 heterocycles. The van der Waals surface area contributed by atoms with Gasteiger partial charge in [-0.05, 0) is 48.9 Å². The number of anilines is 2. The number of carbonyl (C=O) groups is 1. The van der Waals surface area contributed by atoms with E-state index in [1.165, 1.54) is 0 Å². The first-order valence-corrected chi connectivity index (χ1v) is 10.4. The van der Waals surface area contributed by atoms with Crippen molar-refractivity contribution in [3.8, 4) is 11.4 Å². The van der Waals surface area contributed by atoms with Crippen LogP contribution in [0.15, 0.2) is 47.0 Å². The van der Waals surface area contributed by atoms with E-state index in [1.54, 1.807) is 6.07 Å². The molecule has 0 atom stereocenters. The molecule has 2 aromatic carbocycles. The van der Waals surface area contributed by atoms with Gasteiger partial charge in [0.1, 0.15) is 0 Å². The Morgan fingerprint density at radius 1 is 1.13 bits per heavy atom. The molecule has 0 spiro atoms. The number of aryl methyl sites for hydroxylation is 2. The molecule has 4 rings (SSSR count). The van der Waals surface area contributed by atoms with E-state index in [2.05, 4.69) is 32.5 Å². The molecule has 3 aromatic rings. The quantitative estimate of drug-likeness (QED) is 0.660. The first-order chi connectivity index (χ1) is 14.5. The molecular formula is C22H24ClN5O2. The van der Waals surface area contributed by atoms with Gasteiger partial charge in [0.15, 0.2) is 0 Å². The maximum Gasteiger partial charge on any atom is 0.321 e. The second-order valence-electron chi connectivity index (χ2n) is 7.28. The van der Waals surface area contributed by atoms with E-state index < -0.39 is 0 Å². The summed E-state index contributed by atoms with van der Waals surface area (Å²) in [6, 6.07) is 13.5. The Labute approximate surface area is 180 Å². The molecule has 0 aliphatic carbocycles. The Morgan fingerprint density at radius 3 is 2.53 bits per heavy atom. The van der Waals surface area contributed by atoms with E-state index in [1.807, 2.05) is 43.0 Å². The highest BCUT2D eigenvalue weighted by molar-refractivity contribution is 6.31. The number of amides is 2. The summed E-state index contributed by atoms with van der Waals surface area (Å²) in [5, 5.41) is 7.59. The van der Waals surface area contributed by atoms with Crippen molar-refractivity contribution in [3.63, 3.8) is 0 Å². The van der Waals surface area contributed by atoms with Gasteiger partial charge in [0.25, 0.3) is 0 Å². The normalized spacial score (nSPS) is 14.1. The highest BCUT2D eigenvalue weighted by atomic mass is 35.5. The number of hydrogen-bond acceptors (Lipinski definition) is 5. The lowest BCUT2D eigenvalue weighted by atomic mass is 10.1. The van der Waals surface area contributed by atoms with Crippen LogP contribution in [0.2, 0.25) is 5.02 Å². The first-order valence-electron chi connectivity index (χ1n) is 10.0. The number of hydrogen-bond donors (Lipinski definition) is 1. The van der Waals surface area contributed by atoms with Gasteiger partial charge in [-0.2, -0.15) is 4.98 Å². The molecule has 0 saturated carbocycles. The Hall–Kier alpha value is -3.06. The minimum Gasteiger partial charge on any atom is -0.368 e. The standard InChI is InChI=1S/C22H24ClN5O2/c1-3-20-25-21(26-30-20)16-5-8-18(9-6-16)27-10-12-28(13-11-27)22(29)24-19-14-17(23)7-4-15(19)2/h4-9,14H,3,10-13H2,1-2H3,(H,24,29). The number of piperazine rings is 1. The molecule has 0 radical (unpaired) electrons. The number of aromatic nitrogens is 2. The summed E-state index contributed by atoms with van der Waals surface area (Å²) in [7, 11) is 0. The third-order valence-corrected chi connectivity index (χ3v) is 5.50. The van der Waals surface area contributed by atoms with Crippen LogP contribution in [0.1, 0.15) is 18.4 Å². The molecule has 1 N–H and O–H groups in total. The third-order valence-electron chi connectivity index (χ3n) is 5.27. The highest BCUT2D eigenvalue weighted by Gasteiger charge is 2.22. The third kappa shape index (κ3) is 4.41. The lowest BCUT2D eigenvalue weighted by Gasteiger charge is -2.36. The van der Waals surface area contributed by atoms with Crippen LogP contribution in [0, 0.1) is 6.92 Å². The van der Waals surface area contributed by atoms with Crippen molar-refractivity contribution in [3.05, 3.63) is 58.9 Å². The van der Waals surface area contributed by atoms with Crippen LogP contribution in [0.25, 0.3) is 11.4 Å². The zero-order chi connectivity index (χ0) is 21.1. The van der Waals surface area contributed by atoms with E-state index in [0.717, 1.165) is 42.0 Å². The summed E-state index contributed by atoms with van der Waals surface area (Å²) in [5.74, 6) is 1.24. The predicted octanol–water partition coefficient (Wildman–Crippen LogP) is 4.61. The summed E-state index contributed by atoms with van der Waals surface area (Å²) >= 11 is 6.05. The Bertz CT molecular complexity index is 1030. The predicted molar refractivity (Wildman–Crippen MR) is 118 cm³/mol. The van der Waals surface area contributed by atoms with Crippen molar-refractivity contribution < 1.29 is 9.32 Å². The SMILES string of the molecule is CCc1nc(-c2ccc(N3CCN(C(=O)Nc4cc(Cl)ccc4C)CC3)cc2)no1. The smallest absolute Gasteiger partial charge is 0.321 e. The molecule has 0 unspecified atom stereocenters. The maximum atomic E-state index is 12.6. The number of urea groups is 1. The fraction of sp³-hybridized carbons (Fsp3) is 0.318. The highest BCUT2D eigenvalue weighted by Crippen LogP contribution is 2.23. The molecule has 1 aliphatic rings. The van der Waals surface area contributed by atoms with Gasteiger partial charge in [0.2, 0.25) is 11.7 Å². The Morgan fingerprint density at radius 2 is 1.87 bits per heavy atom. The van der Waals surface area contributed by atoms with Gasteiger partial charge in [-0.25, -0.2) is 4.79 Å². The second-order valence-corrected chi connectivity index (χ2v) is 7.71. The molecule has 8 heteroatoms. The fourth-order valence-corrected chi connectivity index (χ4v) is 3.60. The summed E-state index contributed by atoms with van der Waals surface area (Å²) in [5.41, 5.74) is 3.78. The second kappa shape index (κ2) is 8.75. The van der Waals surface area contributed by atoms with Gasteiger partial charge >= 0.3 is 6.03 Å². The van der Waals surface area contributed by atoms with Crippen molar-refractivity contribution in [2.45, 2.75) is 20.3 Å². The van der Waals surface area contributed by atoms with Crippen molar-refractivity contribution in [2.75, 3.05) is 36.4 Å². The van der Waals surface area contributed by atoms with Crippen LogP contribution in [-0.4, -0.2) is 47.3 Å². The number of benzene rings is 2. The van der Waals surface area contributed by atoms with Crippen LogP contribution in [-0.2, 0) is 6.42 Å². The van der Waals surface area contributed by atoms with Crippen molar-refractivity contribution in [1.82, 2.24) is 15.0 Å². The lowest BCUT2D eigenvalue weighted by molar-refractivity contribution is 0.208. The molecule has 2 amide bonds. The largest absolute Gasteiger partial charge is 0.368 e. The first kappa shape index (κ1) is 20.2.